The van der Waals surface area contributed by atoms with Gasteiger partial charge in [-0.2, -0.15) is 0 Å². The lowest BCUT2D eigenvalue weighted by atomic mass is 9.97. The van der Waals surface area contributed by atoms with Gasteiger partial charge in [-0.3, -0.25) is 4.79 Å². The van der Waals surface area contributed by atoms with Crippen LogP contribution in [0.15, 0.2) is 22.6 Å². The second-order valence-corrected chi connectivity index (χ2v) is 4.98. The van der Waals surface area contributed by atoms with Gasteiger partial charge in [0.15, 0.2) is 11.4 Å². The Morgan fingerprint density at radius 1 is 1.31 bits per heavy atom. The van der Waals surface area contributed by atoms with Crippen LogP contribution in [-0.4, -0.2) is 10.8 Å². The molecule has 0 radical (unpaired) electrons. The van der Waals surface area contributed by atoms with Gasteiger partial charge in [0.25, 0.3) is 0 Å². The highest BCUT2D eigenvalue weighted by molar-refractivity contribution is 6.04. The summed E-state index contributed by atoms with van der Waals surface area (Å²) in [5.41, 5.74) is 1.80. The first-order chi connectivity index (χ1) is 7.39. The van der Waals surface area contributed by atoms with Gasteiger partial charge in [-0.15, -0.1) is 0 Å². The van der Waals surface area contributed by atoms with Crippen molar-refractivity contribution < 1.29 is 9.21 Å². The quantitative estimate of drug-likeness (QED) is 0.688. The number of oxazole rings is 1. The molecule has 0 aliphatic heterocycles. The highest BCUT2D eigenvalue weighted by Gasteiger charge is 2.22. The summed E-state index contributed by atoms with van der Waals surface area (Å²) in [5.74, 6) is 0.665. The normalized spacial score (nSPS) is 12.0. The van der Waals surface area contributed by atoms with Crippen molar-refractivity contribution in [3.63, 3.8) is 0 Å². The third kappa shape index (κ3) is 1.73. The SMILES string of the molecule is CC(=O)c1cccc2nc(C(C)(C)C)oc12. The molecule has 0 aliphatic carbocycles. The molecule has 2 aromatic rings. The Morgan fingerprint density at radius 3 is 2.56 bits per heavy atom. The third-order valence-electron chi connectivity index (χ3n) is 2.44. The molecular formula is C13H15NO2. The fraction of sp³-hybridized carbons (Fsp3) is 0.385. The summed E-state index contributed by atoms with van der Waals surface area (Å²) < 4.78 is 5.69. The lowest BCUT2D eigenvalue weighted by molar-refractivity contribution is 0.101. The lowest BCUT2D eigenvalue weighted by Gasteiger charge is -2.11. The van der Waals surface area contributed by atoms with E-state index in [1.807, 2.05) is 32.9 Å². The summed E-state index contributed by atoms with van der Waals surface area (Å²) in [7, 11) is 0. The molecule has 0 saturated heterocycles. The fourth-order valence-corrected chi connectivity index (χ4v) is 1.55. The number of rotatable bonds is 1. The first-order valence-electron chi connectivity index (χ1n) is 5.30. The van der Waals surface area contributed by atoms with Crippen LogP contribution in [0.5, 0.6) is 0 Å². The molecular weight excluding hydrogens is 202 g/mol. The van der Waals surface area contributed by atoms with E-state index in [4.69, 9.17) is 4.42 Å². The smallest absolute Gasteiger partial charge is 0.200 e. The molecule has 0 N–H and O–H groups in total. The number of aromatic nitrogens is 1. The number of hydrogen-bond donors (Lipinski definition) is 0. The molecule has 3 nitrogen and oxygen atoms in total. The van der Waals surface area contributed by atoms with E-state index in [1.54, 1.807) is 6.07 Å². The Balaban J connectivity index is 2.71. The van der Waals surface area contributed by atoms with Crippen molar-refractivity contribution in [2.24, 2.45) is 0 Å². The molecule has 1 aromatic carbocycles. The van der Waals surface area contributed by atoms with Crippen LogP contribution in [-0.2, 0) is 5.41 Å². The summed E-state index contributed by atoms with van der Waals surface area (Å²) in [6, 6.07) is 5.46. The van der Waals surface area contributed by atoms with E-state index >= 15 is 0 Å². The summed E-state index contributed by atoms with van der Waals surface area (Å²) in [6.07, 6.45) is 0. The van der Waals surface area contributed by atoms with Crippen molar-refractivity contribution in [3.8, 4) is 0 Å². The van der Waals surface area contributed by atoms with Gasteiger partial charge in [0.05, 0.1) is 5.56 Å². The second-order valence-electron chi connectivity index (χ2n) is 4.98. The van der Waals surface area contributed by atoms with Crippen LogP contribution < -0.4 is 0 Å². The Bertz CT molecular complexity index is 547. The number of carbonyl (C=O) groups is 1. The maximum absolute atomic E-state index is 11.4. The van der Waals surface area contributed by atoms with E-state index < -0.39 is 0 Å². The van der Waals surface area contributed by atoms with E-state index in [2.05, 4.69) is 4.98 Å². The number of benzene rings is 1. The van der Waals surface area contributed by atoms with Crippen molar-refractivity contribution >= 4 is 16.9 Å². The van der Waals surface area contributed by atoms with Crippen LogP contribution in [0.25, 0.3) is 11.1 Å². The molecule has 0 unspecified atom stereocenters. The zero-order chi connectivity index (χ0) is 11.9. The molecule has 0 saturated carbocycles. The Kier molecular flexibility index (Phi) is 2.34. The first-order valence-corrected chi connectivity index (χ1v) is 5.30. The van der Waals surface area contributed by atoms with Crippen LogP contribution in [0, 0.1) is 0 Å². The average Bonchev–Trinajstić information content (AvgIpc) is 2.59. The number of fused-ring (bicyclic) bond motifs is 1. The molecule has 2 rings (SSSR count). The van der Waals surface area contributed by atoms with Gasteiger partial charge in [-0.25, -0.2) is 4.98 Å². The van der Waals surface area contributed by atoms with Crippen LogP contribution in [0.1, 0.15) is 43.9 Å². The predicted octanol–water partition coefficient (Wildman–Crippen LogP) is 3.33. The van der Waals surface area contributed by atoms with Crippen molar-refractivity contribution in [1.29, 1.82) is 0 Å². The fourth-order valence-electron chi connectivity index (χ4n) is 1.55. The minimum Gasteiger partial charge on any atom is -0.439 e. The zero-order valence-corrected chi connectivity index (χ0v) is 10.00. The minimum atomic E-state index is -0.146. The summed E-state index contributed by atoms with van der Waals surface area (Å²) in [4.78, 5) is 15.8. The first kappa shape index (κ1) is 10.9. The molecule has 0 aliphatic rings. The van der Waals surface area contributed by atoms with Crippen LogP contribution in [0.4, 0.5) is 0 Å². The maximum Gasteiger partial charge on any atom is 0.200 e. The van der Waals surface area contributed by atoms with Crippen molar-refractivity contribution in [2.75, 3.05) is 0 Å². The van der Waals surface area contributed by atoms with Gasteiger partial charge in [0.2, 0.25) is 5.89 Å². The molecule has 1 heterocycles. The predicted molar refractivity (Wildman–Crippen MR) is 62.7 cm³/mol. The molecule has 0 atom stereocenters. The highest BCUT2D eigenvalue weighted by Crippen LogP contribution is 2.27. The Hall–Kier alpha value is -1.64. The molecule has 0 bridgehead atoms. The molecule has 0 fully saturated rings. The summed E-state index contributed by atoms with van der Waals surface area (Å²) >= 11 is 0. The van der Waals surface area contributed by atoms with Crippen LogP contribution >= 0.6 is 0 Å². The van der Waals surface area contributed by atoms with Gasteiger partial charge in [0, 0.05) is 5.41 Å². The summed E-state index contributed by atoms with van der Waals surface area (Å²) in [5, 5.41) is 0. The molecule has 3 heteroatoms. The number of nitrogens with zero attached hydrogens (tertiary/aromatic N) is 1. The van der Waals surface area contributed by atoms with Crippen molar-refractivity contribution in [3.05, 3.63) is 29.7 Å². The van der Waals surface area contributed by atoms with E-state index in [9.17, 15) is 4.79 Å². The van der Waals surface area contributed by atoms with E-state index in [1.165, 1.54) is 6.92 Å². The maximum atomic E-state index is 11.4. The van der Waals surface area contributed by atoms with Gasteiger partial charge in [0.1, 0.15) is 5.52 Å². The number of Topliss-reactive ketones (excluding diaryl/α,β-unsaturated/α-hetero) is 1. The van der Waals surface area contributed by atoms with Gasteiger partial charge in [-0.05, 0) is 19.1 Å². The minimum absolute atomic E-state index is 0.00205. The van der Waals surface area contributed by atoms with E-state index in [0.29, 0.717) is 17.0 Å². The van der Waals surface area contributed by atoms with E-state index in [-0.39, 0.29) is 11.2 Å². The zero-order valence-electron chi connectivity index (χ0n) is 10.00. The third-order valence-corrected chi connectivity index (χ3v) is 2.44. The average molecular weight is 217 g/mol. The number of ketones is 1. The number of carbonyl (C=O) groups excluding carboxylic acids is 1. The van der Waals surface area contributed by atoms with Gasteiger partial charge < -0.3 is 4.42 Å². The largest absolute Gasteiger partial charge is 0.439 e. The monoisotopic (exact) mass is 217 g/mol. The van der Waals surface area contributed by atoms with Gasteiger partial charge >= 0.3 is 0 Å². The topological polar surface area (TPSA) is 43.1 Å². The van der Waals surface area contributed by atoms with Crippen molar-refractivity contribution in [2.45, 2.75) is 33.1 Å². The Morgan fingerprint density at radius 2 is 2.00 bits per heavy atom. The molecule has 84 valence electrons. The number of para-hydroxylation sites is 1. The van der Waals surface area contributed by atoms with Crippen molar-refractivity contribution in [1.82, 2.24) is 4.98 Å². The van der Waals surface area contributed by atoms with Gasteiger partial charge in [-0.1, -0.05) is 26.8 Å². The van der Waals surface area contributed by atoms with Crippen LogP contribution in [0.3, 0.4) is 0 Å². The molecule has 0 amide bonds. The standard InChI is InChI=1S/C13H15NO2/c1-8(15)9-6-5-7-10-11(9)16-12(14-10)13(2,3)4/h5-7H,1-4H3. The summed E-state index contributed by atoms with van der Waals surface area (Å²) in [6.45, 7) is 7.63. The molecule has 16 heavy (non-hydrogen) atoms. The van der Waals surface area contributed by atoms with E-state index in [0.717, 1.165) is 5.52 Å². The Labute approximate surface area is 94.5 Å². The lowest BCUT2D eigenvalue weighted by Crippen LogP contribution is -2.10. The highest BCUT2D eigenvalue weighted by atomic mass is 16.3. The second kappa shape index (κ2) is 3.44. The molecule has 1 aromatic heterocycles. The van der Waals surface area contributed by atoms with Crippen LogP contribution in [0.2, 0.25) is 0 Å². The number of hydrogen-bond acceptors (Lipinski definition) is 3. The molecule has 0 spiro atoms.